The lowest BCUT2D eigenvalue weighted by atomic mass is 10.2. The highest BCUT2D eigenvalue weighted by Gasteiger charge is 2.14. The number of amides is 1. The summed E-state index contributed by atoms with van der Waals surface area (Å²) < 4.78 is 7.78. The van der Waals surface area contributed by atoms with E-state index in [1.54, 1.807) is 23.8 Å². The van der Waals surface area contributed by atoms with E-state index in [1.807, 2.05) is 38.1 Å². The van der Waals surface area contributed by atoms with E-state index in [2.05, 4.69) is 26.2 Å². The van der Waals surface area contributed by atoms with Gasteiger partial charge in [0.2, 0.25) is 5.91 Å². The van der Waals surface area contributed by atoms with Crippen molar-refractivity contribution in [2.45, 2.75) is 32.0 Å². The maximum atomic E-state index is 12.9. The highest BCUT2D eigenvalue weighted by molar-refractivity contribution is 9.10. The molecule has 0 saturated carbocycles. The number of methoxy groups -OCH3 is 1. The van der Waals surface area contributed by atoms with Crippen LogP contribution < -0.4 is 15.6 Å². The van der Waals surface area contributed by atoms with Crippen molar-refractivity contribution in [3.05, 3.63) is 56.8 Å². The summed E-state index contributed by atoms with van der Waals surface area (Å²) in [5, 5.41) is 3.98. The number of thioether (sulfide) groups is 1. The van der Waals surface area contributed by atoms with E-state index >= 15 is 0 Å². The fraction of sp³-hybridized carbons (Fsp3) is 0.286. The minimum Gasteiger partial charge on any atom is -0.495 e. The molecule has 0 aliphatic carbocycles. The Hall–Kier alpha value is -2.32. The minimum atomic E-state index is -0.188. The summed E-state index contributed by atoms with van der Waals surface area (Å²) in [7, 11) is 1.57. The van der Waals surface area contributed by atoms with Crippen molar-refractivity contribution in [2.24, 2.45) is 0 Å². The summed E-state index contributed by atoms with van der Waals surface area (Å²) in [6.45, 7) is 4.50. The molecule has 1 aromatic heterocycles. The number of hydrogen-bond acceptors (Lipinski definition) is 5. The molecule has 0 unspecified atom stereocenters. The van der Waals surface area contributed by atoms with E-state index in [0.29, 0.717) is 34.0 Å². The molecular weight excluding hydrogens is 454 g/mol. The second-order valence-electron chi connectivity index (χ2n) is 6.55. The number of halogens is 1. The Balaban J connectivity index is 1.83. The first-order chi connectivity index (χ1) is 13.9. The molecule has 29 heavy (non-hydrogen) atoms. The van der Waals surface area contributed by atoms with Crippen LogP contribution in [-0.4, -0.2) is 28.3 Å². The number of nitrogens with zero attached hydrogens (tertiary/aromatic N) is 2. The van der Waals surface area contributed by atoms with Crippen LogP contribution >= 0.6 is 27.7 Å². The third-order valence-electron chi connectivity index (χ3n) is 4.29. The van der Waals surface area contributed by atoms with Crippen molar-refractivity contribution in [2.75, 3.05) is 18.2 Å². The SMILES string of the molecule is CCCn1c(SCC(=O)Nc2cc(C)ccc2OC)nc2ccc(Br)cc2c1=O. The smallest absolute Gasteiger partial charge is 0.262 e. The monoisotopic (exact) mass is 475 g/mol. The predicted molar refractivity (Wildman–Crippen MR) is 121 cm³/mol. The summed E-state index contributed by atoms with van der Waals surface area (Å²) in [5.74, 6) is 0.549. The number of anilines is 1. The van der Waals surface area contributed by atoms with Gasteiger partial charge in [0.15, 0.2) is 5.16 Å². The zero-order chi connectivity index (χ0) is 21.0. The van der Waals surface area contributed by atoms with E-state index < -0.39 is 0 Å². The van der Waals surface area contributed by atoms with Crippen LogP contribution in [-0.2, 0) is 11.3 Å². The molecule has 1 heterocycles. The molecule has 0 aliphatic rings. The summed E-state index contributed by atoms with van der Waals surface area (Å²) in [6, 6.07) is 11.0. The standard InChI is InChI=1S/C21H22BrN3O3S/c1-4-9-25-20(27)15-11-14(22)6-7-16(15)24-21(25)29-12-19(26)23-17-10-13(2)5-8-18(17)28-3/h5-8,10-11H,4,9,12H2,1-3H3,(H,23,26). The lowest BCUT2D eigenvalue weighted by molar-refractivity contribution is -0.113. The van der Waals surface area contributed by atoms with E-state index in [9.17, 15) is 9.59 Å². The van der Waals surface area contributed by atoms with Crippen LogP contribution in [0, 0.1) is 6.92 Å². The van der Waals surface area contributed by atoms with Gasteiger partial charge in [-0.15, -0.1) is 0 Å². The van der Waals surface area contributed by atoms with Gasteiger partial charge in [-0.3, -0.25) is 14.2 Å². The Morgan fingerprint density at radius 2 is 2.07 bits per heavy atom. The van der Waals surface area contributed by atoms with Gasteiger partial charge in [-0.2, -0.15) is 0 Å². The molecule has 152 valence electrons. The van der Waals surface area contributed by atoms with Crippen LogP contribution in [0.25, 0.3) is 10.9 Å². The maximum Gasteiger partial charge on any atom is 0.262 e. The van der Waals surface area contributed by atoms with Crippen LogP contribution in [0.4, 0.5) is 5.69 Å². The average Bonchev–Trinajstić information content (AvgIpc) is 2.69. The Kier molecular flexibility index (Phi) is 6.97. The van der Waals surface area contributed by atoms with Gasteiger partial charge >= 0.3 is 0 Å². The van der Waals surface area contributed by atoms with Crippen LogP contribution in [0.5, 0.6) is 5.75 Å². The van der Waals surface area contributed by atoms with Gasteiger partial charge in [0.1, 0.15) is 5.75 Å². The van der Waals surface area contributed by atoms with Gasteiger partial charge in [0.25, 0.3) is 5.56 Å². The van der Waals surface area contributed by atoms with Crippen LogP contribution in [0.1, 0.15) is 18.9 Å². The molecule has 0 saturated heterocycles. The Labute approximate surface area is 181 Å². The number of aromatic nitrogens is 2. The summed E-state index contributed by atoms with van der Waals surface area (Å²) >= 11 is 4.65. The van der Waals surface area contributed by atoms with Gasteiger partial charge < -0.3 is 10.1 Å². The molecular formula is C21H22BrN3O3S. The molecule has 0 atom stereocenters. The molecule has 0 bridgehead atoms. The van der Waals surface area contributed by atoms with Crippen molar-refractivity contribution < 1.29 is 9.53 Å². The zero-order valence-electron chi connectivity index (χ0n) is 16.5. The lowest BCUT2D eigenvalue weighted by Crippen LogP contribution is -2.24. The van der Waals surface area contributed by atoms with Crippen molar-refractivity contribution in [1.82, 2.24) is 9.55 Å². The molecule has 8 heteroatoms. The number of hydrogen-bond donors (Lipinski definition) is 1. The topological polar surface area (TPSA) is 73.2 Å². The second-order valence-corrected chi connectivity index (χ2v) is 8.41. The molecule has 0 aliphatic heterocycles. The van der Waals surface area contributed by atoms with Crippen LogP contribution in [0.15, 0.2) is 50.8 Å². The van der Waals surface area contributed by atoms with Crippen molar-refractivity contribution in [3.8, 4) is 5.75 Å². The highest BCUT2D eigenvalue weighted by atomic mass is 79.9. The second kappa shape index (κ2) is 9.45. The van der Waals surface area contributed by atoms with Crippen molar-refractivity contribution in [1.29, 1.82) is 0 Å². The van der Waals surface area contributed by atoms with Gasteiger partial charge in [0.05, 0.1) is 29.5 Å². The highest BCUT2D eigenvalue weighted by Crippen LogP contribution is 2.26. The fourth-order valence-corrected chi connectivity index (χ4v) is 4.13. The molecule has 3 aromatic rings. The van der Waals surface area contributed by atoms with Gasteiger partial charge in [-0.25, -0.2) is 4.98 Å². The number of carbonyl (C=O) groups is 1. The number of ether oxygens (including phenoxy) is 1. The molecule has 1 amide bonds. The Bertz CT molecular complexity index is 1110. The van der Waals surface area contributed by atoms with Gasteiger partial charge in [0, 0.05) is 11.0 Å². The number of aryl methyl sites for hydroxylation is 1. The van der Waals surface area contributed by atoms with Crippen LogP contribution in [0.3, 0.4) is 0 Å². The number of rotatable bonds is 7. The zero-order valence-corrected chi connectivity index (χ0v) is 18.9. The third-order valence-corrected chi connectivity index (χ3v) is 5.76. The minimum absolute atomic E-state index is 0.0959. The van der Waals surface area contributed by atoms with E-state index in [0.717, 1.165) is 16.5 Å². The number of carbonyl (C=O) groups excluding carboxylic acids is 1. The predicted octanol–water partition coefficient (Wildman–Crippen LogP) is 4.62. The number of benzene rings is 2. The largest absolute Gasteiger partial charge is 0.495 e. The average molecular weight is 476 g/mol. The quantitative estimate of drug-likeness (QED) is 0.398. The van der Waals surface area contributed by atoms with E-state index in [1.165, 1.54) is 11.8 Å². The first kappa shape index (κ1) is 21.4. The van der Waals surface area contributed by atoms with Crippen molar-refractivity contribution in [3.63, 3.8) is 0 Å². The first-order valence-corrected chi connectivity index (χ1v) is 11.0. The van der Waals surface area contributed by atoms with Crippen molar-refractivity contribution >= 4 is 50.2 Å². The third kappa shape index (κ3) is 5.00. The van der Waals surface area contributed by atoms with Gasteiger partial charge in [-0.1, -0.05) is 40.7 Å². The molecule has 0 spiro atoms. The summed E-state index contributed by atoms with van der Waals surface area (Å²) in [5.41, 5.74) is 2.17. The molecule has 1 N–H and O–H groups in total. The lowest BCUT2D eigenvalue weighted by Gasteiger charge is -2.13. The maximum absolute atomic E-state index is 12.9. The molecule has 0 fully saturated rings. The molecule has 6 nitrogen and oxygen atoms in total. The van der Waals surface area contributed by atoms with E-state index in [4.69, 9.17) is 4.74 Å². The molecule has 2 aromatic carbocycles. The van der Waals surface area contributed by atoms with E-state index in [-0.39, 0.29) is 17.2 Å². The number of fused-ring (bicyclic) bond motifs is 1. The van der Waals surface area contributed by atoms with Gasteiger partial charge in [-0.05, 0) is 49.2 Å². The number of nitrogens with one attached hydrogen (secondary N) is 1. The molecule has 3 rings (SSSR count). The Morgan fingerprint density at radius 1 is 1.28 bits per heavy atom. The van der Waals surface area contributed by atoms with Crippen LogP contribution in [0.2, 0.25) is 0 Å². The normalized spacial score (nSPS) is 10.9. The Morgan fingerprint density at radius 3 is 2.79 bits per heavy atom. The first-order valence-electron chi connectivity index (χ1n) is 9.20. The molecule has 0 radical (unpaired) electrons. The summed E-state index contributed by atoms with van der Waals surface area (Å²) in [6.07, 6.45) is 0.793. The summed E-state index contributed by atoms with van der Waals surface area (Å²) in [4.78, 5) is 30.1. The fourth-order valence-electron chi connectivity index (χ4n) is 2.94.